The molecule has 0 saturated heterocycles. The summed E-state index contributed by atoms with van der Waals surface area (Å²) in [6.45, 7) is 2.09. The van der Waals surface area contributed by atoms with Gasteiger partial charge in [0.15, 0.2) is 0 Å². The number of halogens is 1. The van der Waals surface area contributed by atoms with Crippen LogP contribution >= 0.6 is 0 Å². The monoisotopic (exact) mass is 227 g/mol. The Hall–Kier alpha value is -1.13. The van der Waals surface area contributed by atoms with Gasteiger partial charge in [-0.15, -0.1) is 0 Å². The summed E-state index contributed by atoms with van der Waals surface area (Å²) >= 11 is 0. The van der Waals surface area contributed by atoms with Crippen molar-refractivity contribution in [2.45, 2.75) is 26.0 Å². The van der Waals surface area contributed by atoms with Gasteiger partial charge in [-0.2, -0.15) is 0 Å². The van der Waals surface area contributed by atoms with Crippen molar-refractivity contribution in [3.05, 3.63) is 29.1 Å². The molecular formula is C12H18FNO2. The number of benzene rings is 1. The van der Waals surface area contributed by atoms with Crippen molar-refractivity contribution in [1.29, 1.82) is 0 Å². The Balaban J connectivity index is 3.12. The number of ether oxygens (including phenoxy) is 2. The predicted molar refractivity (Wildman–Crippen MR) is 61.0 cm³/mol. The maximum Gasteiger partial charge on any atom is 0.135 e. The third-order valence-corrected chi connectivity index (χ3v) is 2.33. The summed E-state index contributed by atoms with van der Waals surface area (Å²) in [6, 6.07) is 3.30. The van der Waals surface area contributed by atoms with Crippen LogP contribution in [0.4, 0.5) is 4.39 Å². The Kier molecular flexibility index (Phi) is 4.71. The highest BCUT2D eigenvalue weighted by atomic mass is 19.1. The molecule has 0 heterocycles. The molecule has 0 amide bonds. The van der Waals surface area contributed by atoms with Crippen LogP contribution in [-0.4, -0.2) is 20.3 Å². The Morgan fingerprint density at radius 2 is 2.06 bits per heavy atom. The van der Waals surface area contributed by atoms with E-state index in [0.717, 1.165) is 0 Å². The van der Waals surface area contributed by atoms with Gasteiger partial charge in [0, 0.05) is 24.3 Å². The molecule has 1 aromatic rings. The van der Waals surface area contributed by atoms with Crippen LogP contribution in [0.25, 0.3) is 0 Å². The molecule has 4 heteroatoms. The summed E-state index contributed by atoms with van der Waals surface area (Å²) in [6.07, 6.45) is 0.451. The van der Waals surface area contributed by atoms with E-state index in [2.05, 4.69) is 0 Å². The molecule has 0 bridgehead atoms. The summed E-state index contributed by atoms with van der Waals surface area (Å²) in [5, 5.41) is 0. The lowest BCUT2D eigenvalue weighted by Gasteiger charge is -2.14. The van der Waals surface area contributed by atoms with Crippen LogP contribution in [0.3, 0.4) is 0 Å². The highest BCUT2D eigenvalue weighted by Crippen LogP contribution is 2.25. The van der Waals surface area contributed by atoms with Crippen molar-refractivity contribution in [2.75, 3.05) is 14.2 Å². The first kappa shape index (κ1) is 12.9. The zero-order valence-electron chi connectivity index (χ0n) is 9.92. The summed E-state index contributed by atoms with van der Waals surface area (Å²) < 4.78 is 24.1. The quantitative estimate of drug-likeness (QED) is 0.835. The van der Waals surface area contributed by atoms with Crippen LogP contribution < -0.4 is 10.5 Å². The number of hydrogen-bond donors (Lipinski definition) is 1. The molecule has 2 N–H and O–H groups in total. The maximum absolute atomic E-state index is 14.1. The average Bonchev–Trinajstić information content (AvgIpc) is 2.24. The zero-order chi connectivity index (χ0) is 12.1. The fourth-order valence-electron chi connectivity index (χ4n) is 1.62. The summed E-state index contributed by atoms with van der Waals surface area (Å²) in [7, 11) is 3.06. The van der Waals surface area contributed by atoms with Crippen LogP contribution in [0.5, 0.6) is 5.75 Å². The first-order valence-corrected chi connectivity index (χ1v) is 5.19. The number of hydrogen-bond acceptors (Lipinski definition) is 3. The lowest BCUT2D eigenvalue weighted by Crippen LogP contribution is -2.19. The SMILES string of the molecule is COCc1ccc(OC)c(CC(C)N)c1F. The first-order chi connectivity index (χ1) is 7.60. The first-order valence-electron chi connectivity index (χ1n) is 5.19. The van der Waals surface area contributed by atoms with Crippen LogP contribution in [0.15, 0.2) is 12.1 Å². The third-order valence-electron chi connectivity index (χ3n) is 2.33. The minimum absolute atomic E-state index is 0.110. The van der Waals surface area contributed by atoms with Crippen molar-refractivity contribution in [1.82, 2.24) is 0 Å². The average molecular weight is 227 g/mol. The smallest absolute Gasteiger partial charge is 0.135 e. The van der Waals surface area contributed by atoms with Gasteiger partial charge in [0.25, 0.3) is 0 Å². The molecular weight excluding hydrogens is 209 g/mol. The van der Waals surface area contributed by atoms with Gasteiger partial charge >= 0.3 is 0 Å². The molecule has 90 valence electrons. The zero-order valence-corrected chi connectivity index (χ0v) is 9.92. The van der Waals surface area contributed by atoms with Crippen LogP contribution in [0, 0.1) is 5.82 Å². The third kappa shape index (κ3) is 2.93. The second-order valence-corrected chi connectivity index (χ2v) is 3.83. The second-order valence-electron chi connectivity index (χ2n) is 3.83. The molecule has 1 unspecified atom stereocenters. The summed E-state index contributed by atoms with van der Waals surface area (Å²) in [5.74, 6) is 0.258. The van der Waals surface area contributed by atoms with Gasteiger partial charge in [-0.25, -0.2) is 4.39 Å². The van der Waals surface area contributed by atoms with Gasteiger partial charge in [0.05, 0.1) is 13.7 Å². The van der Waals surface area contributed by atoms with Crippen LogP contribution in [0.2, 0.25) is 0 Å². The Labute approximate surface area is 95.4 Å². The lowest BCUT2D eigenvalue weighted by molar-refractivity contribution is 0.181. The normalized spacial score (nSPS) is 12.6. The topological polar surface area (TPSA) is 44.5 Å². The molecule has 0 aromatic heterocycles. The van der Waals surface area contributed by atoms with Gasteiger partial charge in [0.2, 0.25) is 0 Å². The fourth-order valence-corrected chi connectivity index (χ4v) is 1.62. The summed E-state index contributed by atoms with van der Waals surface area (Å²) in [4.78, 5) is 0. The fraction of sp³-hybridized carbons (Fsp3) is 0.500. The Morgan fingerprint density at radius 3 is 2.56 bits per heavy atom. The van der Waals surface area contributed by atoms with E-state index >= 15 is 0 Å². The Bertz CT molecular complexity index is 353. The minimum atomic E-state index is -0.279. The van der Waals surface area contributed by atoms with Crippen molar-refractivity contribution in [2.24, 2.45) is 5.73 Å². The molecule has 0 fully saturated rings. The molecule has 0 aliphatic heterocycles. The molecule has 0 radical (unpaired) electrons. The predicted octanol–water partition coefficient (Wildman–Crippen LogP) is 1.87. The van der Waals surface area contributed by atoms with Crippen molar-refractivity contribution < 1.29 is 13.9 Å². The number of rotatable bonds is 5. The van der Waals surface area contributed by atoms with Crippen molar-refractivity contribution >= 4 is 0 Å². The van der Waals surface area contributed by atoms with Crippen molar-refractivity contribution in [3.8, 4) is 5.75 Å². The van der Waals surface area contributed by atoms with E-state index in [1.54, 1.807) is 12.1 Å². The molecule has 0 aliphatic carbocycles. The largest absolute Gasteiger partial charge is 0.496 e. The lowest BCUT2D eigenvalue weighted by atomic mass is 10.0. The van der Waals surface area contributed by atoms with E-state index in [4.69, 9.17) is 15.2 Å². The van der Waals surface area contributed by atoms with E-state index in [9.17, 15) is 4.39 Å². The van der Waals surface area contributed by atoms with E-state index < -0.39 is 0 Å². The van der Waals surface area contributed by atoms with E-state index in [0.29, 0.717) is 23.3 Å². The van der Waals surface area contributed by atoms with E-state index in [-0.39, 0.29) is 18.5 Å². The highest BCUT2D eigenvalue weighted by Gasteiger charge is 2.15. The molecule has 0 spiro atoms. The van der Waals surface area contributed by atoms with E-state index in [1.165, 1.54) is 14.2 Å². The van der Waals surface area contributed by atoms with Crippen molar-refractivity contribution in [3.63, 3.8) is 0 Å². The van der Waals surface area contributed by atoms with Gasteiger partial charge in [0.1, 0.15) is 11.6 Å². The highest BCUT2D eigenvalue weighted by molar-refractivity contribution is 5.39. The molecule has 1 atom stereocenters. The molecule has 3 nitrogen and oxygen atoms in total. The minimum Gasteiger partial charge on any atom is -0.496 e. The second kappa shape index (κ2) is 5.82. The van der Waals surface area contributed by atoms with Gasteiger partial charge in [-0.1, -0.05) is 6.07 Å². The van der Waals surface area contributed by atoms with Crippen LogP contribution in [0.1, 0.15) is 18.1 Å². The van der Waals surface area contributed by atoms with Crippen LogP contribution in [-0.2, 0) is 17.8 Å². The standard InChI is InChI=1S/C12H18FNO2/c1-8(14)6-10-11(16-3)5-4-9(7-15-2)12(10)13/h4-5,8H,6-7,14H2,1-3H3. The molecule has 1 rings (SSSR count). The Morgan fingerprint density at radius 1 is 1.38 bits per heavy atom. The maximum atomic E-state index is 14.1. The molecule has 16 heavy (non-hydrogen) atoms. The van der Waals surface area contributed by atoms with Gasteiger partial charge in [-0.05, 0) is 19.4 Å². The molecule has 0 aliphatic rings. The number of methoxy groups -OCH3 is 2. The van der Waals surface area contributed by atoms with Gasteiger partial charge < -0.3 is 15.2 Å². The summed E-state index contributed by atoms with van der Waals surface area (Å²) in [5.41, 5.74) is 6.73. The number of nitrogens with two attached hydrogens (primary N) is 1. The molecule has 1 aromatic carbocycles. The van der Waals surface area contributed by atoms with Gasteiger partial charge in [-0.3, -0.25) is 0 Å². The van der Waals surface area contributed by atoms with E-state index in [1.807, 2.05) is 6.92 Å². The molecule has 0 saturated carbocycles.